The number of unbranched alkanes of at least 4 members (excludes halogenated alkanes) is 1. The summed E-state index contributed by atoms with van der Waals surface area (Å²) < 4.78 is 22.9. The number of esters is 1. The van der Waals surface area contributed by atoms with Gasteiger partial charge >= 0.3 is 5.97 Å². The summed E-state index contributed by atoms with van der Waals surface area (Å²) in [7, 11) is 1.44. The van der Waals surface area contributed by atoms with Crippen LogP contribution in [0.15, 0.2) is 18.2 Å². The first kappa shape index (κ1) is 14.3. The van der Waals surface area contributed by atoms with Gasteiger partial charge in [0, 0.05) is 6.07 Å². The lowest BCUT2D eigenvalue weighted by atomic mass is 10.3. The van der Waals surface area contributed by atoms with Crippen LogP contribution in [-0.2, 0) is 9.53 Å². The number of methoxy groups -OCH3 is 1. The number of hydrogen-bond acceptors (Lipinski definition) is 4. The lowest BCUT2D eigenvalue weighted by Crippen LogP contribution is -2.17. The molecule has 0 aromatic heterocycles. The molecule has 18 heavy (non-hydrogen) atoms. The third-order valence-corrected chi connectivity index (χ3v) is 2.35. The molecule has 1 rings (SSSR count). The van der Waals surface area contributed by atoms with E-state index in [1.165, 1.54) is 25.3 Å². The van der Waals surface area contributed by atoms with Gasteiger partial charge in [-0.3, -0.25) is 4.79 Å². The Morgan fingerprint density at radius 2 is 2.22 bits per heavy atom. The van der Waals surface area contributed by atoms with Gasteiger partial charge in [-0.15, -0.1) is 0 Å². The molecule has 1 aromatic rings. The molecule has 1 aromatic carbocycles. The van der Waals surface area contributed by atoms with E-state index in [1.807, 2.05) is 6.92 Å². The lowest BCUT2D eigenvalue weighted by Gasteiger charge is -2.10. The molecule has 0 spiro atoms. The molecule has 0 bridgehead atoms. The largest absolute Gasteiger partial charge is 0.494 e. The van der Waals surface area contributed by atoms with Crippen LogP contribution in [0.3, 0.4) is 0 Å². The summed E-state index contributed by atoms with van der Waals surface area (Å²) in [6, 6.07) is 4.07. The molecule has 1 N–H and O–H groups in total. The van der Waals surface area contributed by atoms with Crippen LogP contribution in [-0.4, -0.2) is 26.2 Å². The standard InChI is InChI=1S/C13H18FNO3/c1-3-4-7-18-13(16)9-15-11-6-5-10(14)8-12(11)17-2/h5-6,8,15H,3-4,7,9H2,1-2H3. The fourth-order valence-electron chi connectivity index (χ4n) is 1.36. The average molecular weight is 255 g/mol. The maximum Gasteiger partial charge on any atom is 0.325 e. The van der Waals surface area contributed by atoms with Crippen molar-refractivity contribution in [1.82, 2.24) is 0 Å². The van der Waals surface area contributed by atoms with E-state index >= 15 is 0 Å². The number of benzene rings is 1. The molecule has 0 aliphatic carbocycles. The first-order chi connectivity index (χ1) is 8.67. The molecular formula is C13H18FNO3. The van der Waals surface area contributed by atoms with Gasteiger partial charge in [0.25, 0.3) is 0 Å². The van der Waals surface area contributed by atoms with Crippen LogP contribution in [0.25, 0.3) is 0 Å². The van der Waals surface area contributed by atoms with Crippen LogP contribution in [0.4, 0.5) is 10.1 Å². The SMILES string of the molecule is CCCCOC(=O)CNc1ccc(F)cc1OC. The van der Waals surface area contributed by atoms with Crippen molar-refractivity contribution in [2.45, 2.75) is 19.8 Å². The van der Waals surface area contributed by atoms with Gasteiger partial charge in [0.15, 0.2) is 0 Å². The van der Waals surface area contributed by atoms with Crippen molar-refractivity contribution in [3.63, 3.8) is 0 Å². The summed E-state index contributed by atoms with van der Waals surface area (Å²) in [5, 5.41) is 2.85. The molecule has 0 amide bonds. The van der Waals surface area contributed by atoms with Crippen LogP contribution < -0.4 is 10.1 Å². The quantitative estimate of drug-likeness (QED) is 0.601. The molecule has 0 atom stereocenters. The molecule has 4 nitrogen and oxygen atoms in total. The summed E-state index contributed by atoms with van der Waals surface area (Å²) in [4.78, 5) is 11.4. The lowest BCUT2D eigenvalue weighted by molar-refractivity contribution is -0.141. The maximum atomic E-state index is 12.9. The minimum Gasteiger partial charge on any atom is -0.494 e. The minimum atomic E-state index is -0.386. The topological polar surface area (TPSA) is 47.6 Å². The van der Waals surface area contributed by atoms with E-state index in [2.05, 4.69) is 5.32 Å². The Morgan fingerprint density at radius 1 is 1.44 bits per heavy atom. The van der Waals surface area contributed by atoms with E-state index in [1.54, 1.807) is 0 Å². The van der Waals surface area contributed by atoms with Crippen molar-refractivity contribution in [2.24, 2.45) is 0 Å². The zero-order valence-corrected chi connectivity index (χ0v) is 10.7. The number of carbonyl (C=O) groups is 1. The Labute approximate surface area is 106 Å². The predicted molar refractivity (Wildman–Crippen MR) is 67.3 cm³/mol. The minimum absolute atomic E-state index is 0.0334. The van der Waals surface area contributed by atoms with Gasteiger partial charge in [-0.1, -0.05) is 13.3 Å². The molecule has 0 saturated heterocycles. The number of anilines is 1. The number of carbonyl (C=O) groups excluding carboxylic acids is 1. The van der Waals surface area contributed by atoms with Gasteiger partial charge in [0.1, 0.15) is 18.1 Å². The monoisotopic (exact) mass is 255 g/mol. The maximum absolute atomic E-state index is 12.9. The first-order valence-electron chi connectivity index (χ1n) is 5.90. The van der Waals surface area contributed by atoms with E-state index in [4.69, 9.17) is 9.47 Å². The van der Waals surface area contributed by atoms with Crippen molar-refractivity contribution in [3.05, 3.63) is 24.0 Å². The van der Waals surface area contributed by atoms with E-state index in [0.29, 0.717) is 18.0 Å². The Balaban J connectivity index is 2.45. The van der Waals surface area contributed by atoms with Crippen molar-refractivity contribution in [1.29, 1.82) is 0 Å². The fourth-order valence-corrected chi connectivity index (χ4v) is 1.36. The molecule has 0 unspecified atom stereocenters. The number of rotatable bonds is 7. The number of ether oxygens (including phenoxy) is 2. The average Bonchev–Trinajstić information content (AvgIpc) is 2.37. The molecular weight excluding hydrogens is 237 g/mol. The van der Waals surface area contributed by atoms with Gasteiger partial charge in [0.05, 0.1) is 19.4 Å². The summed E-state index contributed by atoms with van der Waals surface area (Å²) in [6.07, 6.45) is 1.83. The smallest absolute Gasteiger partial charge is 0.325 e. The van der Waals surface area contributed by atoms with Gasteiger partial charge in [-0.2, -0.15) is 0 Å². The Bertz CT molecular complexity index is 396. The van der Waals surface area contributed by atoms with E-state index in [0.717, 1.165) is 12.8 Å². The van der Waals surface area contributed by atoms with Crippen molar-refractivity contribution in [3.8, 4) is 5.75 Å². The summed E-state index contributed by atoms with van der Waals surface area (Å²) in [5.74, 6) is -0.367. The number of halogens is 1. The zero-order valence-electron chi connectivity index (χ0n) is 10.7. The van der Waals surface area contributed by atoms with Crippen molar-refractivity contribution >= 4 is 11.7 Å². The highest BCUT2D eigenvalue weighted by atomic mass is 19.1. The molecule has 0 saturated carbocycles. The van der Waals surface area contributed by atoms with Gasteiger partial charge in [-0.25, -0.2) is 4.39 Å². The van der Waals surface area contributed by atoms with E-state index in [9.17, 15) is 9.18 Å². The van der Waals surface area contributed by atoms with Crippen LogP contribution >= 0.6 is 0 Å². The van der Waals surface area contributed by atoms with Crippen molar-refractivity contribution < 1.29 is 18.7 Å². The third-order valence-electron chi connectivity index (χ3n) is 2.35. The summed E-state index contributed by atoms with van der Waals surface area (Å²) >= 11 is 0. The summed E-state index contributed by atoms with van der Waals surface area (Å²) in [6.45, 7) is 2.48. The molecule has 5 heteroatoms. The molecule has 0 heterocycles. The zero-order chi connectivity index (χ0) is 13.4. The Morgan fingerprint density at radius 3 is 2.89 bits per heavy atom. The highest BCUT2D eigenvalue weighted by Crippen LogP contribution is 2.24. The second-order valence-electron chi connectivity index (χ2n) is 3.77. The predicted octanol–water partition coefficient (Wildman–Crippen LogP) is 2.59. The molecule has 100 valence electrons. The molecule has 0 fully saturated rings. The van der Waals surface area contributed by atoms with E-state index in [-0.39, 0.29) is 18.3 Å². The molecule has 0 aliphatic rings. The molecule has 0 aliphatic heterocycles. The Hall–Kier alpha value is -1.78. The summed E-state index contributed by atoms with van der Waals surface area (Å²) in [5.41, 5.74) is 0.561. The van der Waals surface area contributed by atoms with Gasteiger partial charge in [0.2, 0.25) is 0 Å². The normalized spacial score (nSPS) is 9.94. The highest BCUT2D eigenvalue weighted by Gasteiger charge is 2.07. The number of hydrogen-bond donors (Lipinski definition) is 1. The Kier molecular flexibility index (Phi) is 5.97. The molecule has 0 radical (unpaired) electrons. The van der Waals surface area contributed by atoms with Crippen LogP contribution in [0.2, 0.25) is 0 Å². The highest BCUT2D eigenvalue weighted by molar-refractivity contribution is 5.75. The third kappa shape index (κ3) is 4.61. The van der Waals surface area contributed by atoms with Crippen LogP contribution in [0, 0.1) is 5.82 Å². The fraction of sp³-hybridized carbons (Fsp3) is 0.462. The van der Waals surface area contributed by atoms with Gasteiger partial charge in [-0.05, 0) is 18.6 Å². The second kappa shape index (κ2) is 7.53. The van der Waals surface area contributed by atoms with E-state index < -0.39 is 0 Å². The second-order valence-corrected chi connectivity index (χ2v) is 3.77. The van der Waals surface area contributed by atoms with Crippen LogP contribution in [0.1, 0.15) is 19.8 Å². The first-order valence-corrected chi connectivity index (χ1v) is 5.90. The number of nitrogens with one attached hydrogen (secondary N) is 1. The van der Waals surface area contributed by atoms with Crippen molar-refractivity contribution in [2.75, 3.05) is 25.6 Å². The van der Waals surface area contributed by atoms with Crippen LogP contribution in [0.5, 0.6) is 5.75 Å². The van der Waals surface area contributed by atoms with Gasteiger partial charge < -0.3 is 14.8 Å².